The van der Waals surface area contributed by atoms with Crippen molar-refractivity contribution in [1.82, 2.24) is 30.5 Å². The van der Waals surface area contributed by atoms with Crippen LogP contribution >= 0.6 is 0 Å². The van der Waals surface area contributed by atoms with Gasteiger partial charge in [0.15, 0.2) is 5.69 Å². The van der Waals surface area contributed by atoms with Crippen LogP contribution in [0.1, 0.15) is 69.2 Å². The fourth-order valence-electron chi connectivity index (χ4n) is 3.89. The van der Waals surface area contributed by atoms with E-state index in [-0.39, 0.29) is 5.91 Å². The fourth-order valence-corrected chi connectivity index (χ4v) is 3.89. The van der Waals surface area contributed by atoms with Gasteiger partial charge >= 0.3 is 0 Å². The van der Waals surface area contributed by atoms with E-state index in [0.29, 0.717) is 30.2 Å². The molecule has 2 N–H and O–H groups in total. The minimum absolute atomic E-state index is 0.108. The lowest BCUT2D eigenvalue weighted by molar-refractivity contribution is 0.0923. The number of amides is 1. The molecule has 1 atom stereocenters. The van der Waals surface area contributed by atoms with Crippen molar-refractivity contribution >= 4 is 5.91 Å². The summed E-state index contributed by atoms with van der Waals surface area (Å²) >= 11 is 0. The second kappa shape index (κ2) is 10.0. The number of rotatable bonds is 9. The number of nitrogens with zero attached hydrogens (tertiary/aromatic N) is 4. The number of aromatic nitrogens is 3. The molecule has 0 radical (unpaired) electrons. The van der Waals surface area contributed by atoms with Gasteiger partial charge in [0.2, 0.25) is 0 Å². The topological polar surface area (TPSA) is 75.1 Å². The molecule has 1 unspecified atom stereocenters. The monoisotopic (exact) mass is 364 g/mol. The van der Waals surface area contributed by atoms with Gasteiger partial charge in [0.25, 0.3) is 5.91 Å². The molecule has 0 spiro atoms. The molecule has 1 amide bonds. The van der Waals surface area contributed by atoms with Gasteiger partial charge in [-0.25, -0.2) is 4.68 Å². The molecular weight excluding hydrogens is 328 g/mol. The van der Waals surface area contributed by atoms with Crippen LogP contribution in [0, 0.1) is 12.8 Å². The first-order chi connectivity index (χ1) is 12.5. The van der Waals surface area contributed by atoms with E-state index >= 15 is 0 Å². The van der Waals surface area contributed by atoms with Crippen molar-refractivity contribution in [1.29, 1.82) is 0 Å². The van der Waals surface area contributed by atoms with Crippen molar-refractivity contribution in [3.8, 4) is 0 Å². The van der Waals surface area contributed by atoms with Crippen LogP contribution in [0.3, 0.4) is 0 Å². The molecule has 0 bridgehead atoms. The summed E-state index contributed by atoms with van der Waals surface area (Å²) in [6.07, 6.45) is 3.13. The highest BCUT2D eigenvalue weighted by molar-refractivity contribution is 5.93. The fraction of sp³-hybridized carbons (Fsp3) is 0.842. The average molecular weight is 365 g/mol. The van der Waals surface area contributed by atoms with E-state index in [1.165, 1.54) is 0 Å². The van der Waals surface area contributed by atoms with Crippen LogP contribution in [-0.4, -0.2) is 64.6 Å². The molecular formula is C19H36N6O. The molecule has 0 saturated carbocycles. The van der Waals surface area contributed by atoms with E-state index in [2.05, 4.69) is 53.5 Å². The van der Waals surface area contributed by atoms with Crippen LogP contribution in [-0.2, 0) is 0 Å². The van der Waals surface area contributed by atoms with Gasteiger partial charge in [0.1, 0.15) is 0 Å². The zero-order valence-electron chi connectivity index (χ0n) is 17.1. The maximum Gasteiger partial charge on any atom is 0.273 e. The van der Waals surface area contributed by atoms with Gasteiger partial charge in [-0.2, -0.15) is 0 Å². The van der Waals surface area contributed by atoms with Crippen molar-refractivity contribution in [2.75, 3.05) is 32.7 Å². The Labute approximate surface area is 157 Å². The van der Waals surface area contributed by atoms with Crippen molar-refractivity contribution < 1.29 is 4.79 Å². The third kappa shape index (κ3) is 5.27. The first kappa shape index (κ1) is 20.8. The quantitative estimate of drug-likeness (QED) is 0.701. The average Bonchev–Trinajstić information content (AvgIpc) is 3.02. The Bertz CT molecular complexity index is 560. The zero-order valence-corrected chi connectivity index (χ0v) is 17.1. The maximum absolute atomic E-state index is 12.7. The summed E-state index contributed by atoms with van der Waals surface area (Å²) in [5.41, 5.74) is 1.34. The number of nitrogens with one attached hydrogen (secondary N) is 2. The number of carbonyl (C=O) groups excluding carboxylic acids is 1. The Morgan fingerprint density at radius 2 is 1.96 bits per heavy atom. The molecule has 1 aromatic heterocycles. The molecule has 2 rings (SSSR count). The maximum atomic E-state index is 12.7. The number of piperidine rings is 1. The number of hydrogen-bond donors (Lipinski definition) is 2. The van der Waals surface area contributed by atoms with Crippen LogP contribution < -0.4 is 10.6 Å². The smallest absolute Gasteiger partial charge is 0.273 e. The number of carbonyl (C=O) groups is 1. The van der Waals surface area contributed by atoms with Gasteiger partial charge < -0.3 is 10.6 Å². The third-order valence-electron chi connectivity index (χ3n) is 5.37. The number of likely N-dealkylation sites (N-methyl/N-ethyl adjacent to an activating group) is 1. The molecule has 2 heterocycles. The lowest BCUT2D eigenvalue weighted by Gasteiger charge is -2.31. The summed E-state index contributed by atoms with van der Waals surface area (Å²) in [6.45, 7) is 15.4. The highest BCUT2D eigenvalue weighted by atomic mass is 16.2. The highest BCUT2D eigenvalue weighted by Crippen LogP contribution is 2.20. The summed E-state index contributed by atoms with van der Waals surface area (Å²) < 4.78 is 1.94. The Morgan fingerprint density at radius 1 is 1.31 bits per heavy atom. The SMILES string of the molecule is CCN(CC)C(CNC(=O)c1nnn(C2CCNCC2)c1C)CC(C)C. The Balaban J connectivity index is 2.00. The standard InChI is InChI=1S/C19H36N6O/c1-6-24(7-2)17(12-14(3)4)13-21-19(26)18-15(5)25(23-22-18)16-8-10-20-11-9-16/h14,16-17,20H,6-13H2,1-5H3,(H,21,26). The predicted molar refractivity (Wildman–Crippen MR) is 104 cm³/mol. The summed E-state index contributed by atoms with van der Waals surface area (Å²) in [4.78, 5) is 15.1. The molecule has 7 heteroatoms. The van der Waals surface area contributed by atoms with Crippen molar-refractivity contribution in [2.24, 2.45) is 5.92 Å². The van der Waals surface area contributed by atoms with Gasteiger partial charge in [0.05, 0.1) is 11.7 Å². The van der Waals surface area contributed by atoms with Crippen LogP contribution in [0.2, 0.25) is 0 Å². The molecule has 1 aromatic rings. The lowest BCUT2D eigenvalue weighted by Crippen LogP contribution is -2.44. The van der Waals surface area contributed by atoms with Crippen molar-refractivity contribution in [3.63, 3.8) is 0 Å². The summed E-state index contributed by atoms with van der Waals surface area (Å²) in [5.74, 6) is 0.489. The molecule has 148 valence electrons. The van der Waals surface area contributed by atoms with E-state index < -0.39 is 0 Å². The predicted octanol–water partition coefficient (Wildman–Crippen LogP) is 2.00. The molecule has 0 aromatic carbocycles. The first-order valence-corrected chi connectivity index (χ1v) is 10.1. The summed E-state index contributed by atoms with van der Waals surface area (Å²) in [7, 11) is 0. The minimum Gasteiger partial charge on any atom is -0.349 e. The molecule has 1 saturated heterocycles. The van der Waals surface area contributed by atoms with Gasteiger partial charge in [-0.1, -0.05) is 32.9 Å². The second-order valence-electron chi connectivity index (χ2n) is 7.66. The molecule has 1 fully saturated rings. The van der Waals surface area contributed by atoms with Crippen LogP contribution in [0.15, 0.2) is 0 Å². The summed E-state index contributed by atoms with van der Waals surface area (Å²) in [6, 6.07) is 0.698. The number of hydrogen-bond acceptors (Lipinski definition) is 5. The third-order valence-corrected chi connectivity index (χ3v) is 5.37. The van der Waals surface area contributed by atoms with Gasteiger partial charge in [0, 0.05) is 12.6 Å². The van der Waals surface area contributed by atoms with E-state index in [1.54, 1.807) is 0 Å². The van der Waals surface area contributed by atoms with E-state index in [4.69, 9.17) is 0 Å². The van der Waals surface area contributed by atoms with Crippen LogP contribution in [0.4, 0.5) is 0 Å². The molecule has 1 aliphatic heterocycles. The molecule has 1 aliphatic rings. The van der Waals surface area contributed by atoms with E-state index in [9.17, 15) is 4.79 Å². The van der Waals surface area contributed by atoms with Crippen LogP contribution in [0.25, 0.3) is 0 Å². The van der Waals surface area contributed by atoms with Crippen LogP contribution in [0.5, 0.6) is 0 Å². The molecule has 26 heavy (non-hydrogen) atoms. The Hall–Kier alpha value is -1.47. The van der Waals surface area contributed by atoms with Crippen molar-refractivity contribution in [3.05, 3.63) is 11.4 Å². The van der Waals surface area contributed by atoms with Crippen molar-refractivity contribution in [2.45, 2.75) is 66.0 Å². The second-order valence-corrected chi connectivity index (χ2v) is 7.66. The van der Waals surface area contributed by atoms with Gasteiger partial charge in [-0.05, 0) is 58.3 Å². The molecule has 0 aliphatic carbocycles. The van der Waals surface area contributed by atoms with Gasteiger partial charge in [-0.15, -0.1) is 5.10 Å². The first-order valence-electron chi connectivity index (χ1n) is 10.1. The van der Waals surface area contributed by atoms with E-state index in [1.807, 2.05) is 11.6 Å². The Morgan fingerprint density at radius 3 is 2.54 bits per heavy atom. The largest absolute Gasteiger partial charge is 0.349 e. The Kier molecular flexibility index (Phi) is 8.03. The van der Waals surface area contributed by atoms with Gasteiger partial charge in [-0.3, -0.25) is 9.69 Å². The molecule has 7 nitrogen and oxygen atoms in total. The lowest BCUT2D eigenvalue weighted by atomic mass is 10.0. The van der Waals surface area contributed by atoms with E-state index in [0.717, 1.165) is 51.1 Å². The minimum atomic E-state index is -0.108. The normalized spacial score (nSPS) is 17.0. The highest BCUT2D eigenvalue weighted by Gasteiger charge is 2.24. The summed E-state index contributed by atoms with van der Waals surface area (Å²) in [5, 5.41) is 14.9. The zero-order chi connectivity index (χ0) is 19.1.